The highest BCUT2D eigenvalue weighted by atomic mass is 19.4. The summed E-state index contributed by atoms with van der Waals surface area (Å²) < 4.78 is 37.5. The fourth-order valence-corrected chi connectivity index (χ4v) is 2.74. The van der Waals surface area contributed by atoms with Gasteiger partial charge in [-0.2, -0.15) is 13.2 Å². The highest BCUT2D eigenvalue weighted by Crippen LogP contribution is 2.29. The number of para-hydroxylation sites is 1. The second kappa shape index (κ2) is 7.01. The number of fused-ring (bicyclic) bond motifs is 1. The van der Waals surface area contributed by atoms with E-state index >= 15 is 0 Å². The molecule has 0 unspecified atom stereocenters. The van der Waals surface area contributed by atoms with E-state index in [0.29, 0.717) is 18.5 Å². The van der Waals surface area contributed by atoms with E-state index in [-0.39, 0.29) is 5.91 Å². The van der Waals surface area contributed by atoms with E-state index < -0.39 is 11.7 Å². The summed E-state index contributed by atoms with van der Waals surface area (Å²) in [6.45, 7) is 0. The molecule has 130 valence electrons. The van der Waals surface area contributed by atoms with Gasteiger partial charge in [0.25, 0.3) is 0 Å². The number of nitrogens with one attached hydrogen (secondary N) is 2. The molecule has 2 aromatic carbocycles. The maximum atomic E-state index is 12.5. The van der Waals surface area contributed by atoms with Crippen LogP contribution in [0.2, 0.25) is 0 Å². The summed E-state index contributed by atoms with van der Waals surface area (Å²) in [4.78, 5) is 15.1. The van der Waals surface area contributed by atoms with Gasteiger partial charge in [-0.25, -0.2) is 0 Å². The molecule has 2 N–H and O–H groups in total. The molecule has 0 bridgehead atoms. The molecule has 0 atom stereocenters. The Balaban J connectivity index is 1.51. The summed E-state index contributed by atoms with van der Waals surface area (Å²) in [5.41, 5.74) is 1.85. The lowest BCUT2D eigenvalue weighted by Gasteiger charge is -2.08. The predicted octanol–water partition coefficient (Wildman–Crippen LogP) is 5.15. The summed E-state index contributed by atoms with van der Waals surface area (Å²) >= 11 is 0. The van der Waals surface area contributed by atoms with Crippen LogP contribution >= 0.6 is 0 Å². The smallest absolute Gasteiger partial charge is 0.361 e. The number of aromatic amines is 1. The summed E-state index contributed by atoms with van der Waals surface area (Å²) in [6, 6.07) is 12.4. The van der Waals surface area contributed by atoms with Crippen molar-refractivity contribution >= 4 is 22.5 Å². The summed E-state index contributed by atoms with van der Waals surface area (Å²) in [5.74, 6) is -0.209. The molecule has 3 rings (SSSR count). The van der Waals surface area contributed by atoms with Crippen LogP contribution in [0.25, 0.3) is 10.9 Å². The van der Waals surface area contributed by atoms with Crippen LogP contribution in [0.3, 0.4) is 0 Å². The molecule has 3 nitrogen and oxygen atoms in total. The molecule has 0 saturated carbocycles. The van der Waals surface area contributed by atoms with Crippen molar-refractivity contribution in [2.45, 2.75) is 25.4 Å². The minimum absolute atomic E-state index is 0.209. The number of rotatable bonds is 5. The van der Waals surface area contributed by atoms with Crippen molar-refractivity contribution in [3.8, 4) is 0 Å². The fourth-order valence-electron chi connectivity index (χ4n) is 2.74. The molecule has 1 aromatic heterocycles. The predicted molar refractivity (Wildman–Crippen MR) is 91.3 cm³/mol. The number of amides is 1. The number of halogens is 3. The van der Waals surface area contributed by atoms with Gasteiger partial charge in [0.15, 0.2) is 0 Å². The normalized spacial score (nSPS) is 11.6. The quantitative estimate of drug-likeness (QED) is 0.659. The van der Waals surface area contributed by atoms with Crippen molar-refractivity contribution in [1.82, 2.24) is 4.98 Å². The van der Waals surface area contributed by atoms with Gasteiger partial charge in [0.05, 0.1) is 5.56 Å². The summed E-state index contributed by atoms with van der Waals surface area (Å²) in [5, 5.41) is 3.77. The number of carbonyl (C=O) groups is 1. The number of aromatic nitrogens is 1. The van der Waals surface area contributed by atoms with Gasteiger partial charge in [0.2, 0.25) is 5.91 Å². The lowest BCUT2D eigenvalue weighted by atomic mass is 10.1. The Hall–Kier alpha value is -2.76. The Morgan fingerprint density at radius 3 is 2.48 bits per heavy atom. The van der Waals surface area contributed by atoms with Gasteiger partial charge < -0.3 is 10.3 Å². The van der Waals surface area contributed by atoms with Crippen LogP contribution in [0.15, 0.2) is 54.7 Å². The zero-order valence-electron chi connectivity index (χ0n) is 13.4. The van der Waals surface area contributed by atoms with Crippen LogP contribution in [0.5, 0.6) is 0 Å². The van der Waals surface area contributed by atoms with Gasteiger partial charge in [-0.3, -0.25) is 4.79 Å². The van der Waals surface area contributed by atoms with Gasteiger partial charge in [-0.05, 0) is 48.7 Å². The van der Waals surface area contributed by atoms with Crippen LogP contribution in [-0.2, 0) is 17.4 Å². The second-order valence-corrected chi connectivity index (χ2v) is 5.84. The van der Waals surface area contributed by atoms with Crippen LogP contribution in [-0.4, -0.2) is 10.9 Å². The minimum atomic E-state index is -4.37. The molecule has 3 aromatic rings. The Morgan fingerprint density at radius 2 is 1.76 bits per heavy atom. The zero-order valence-corrected chi connectivity index (χ0v) is 13.4. The molecule has 1 amide bonds. The maximum absolute atomic E-state index is 12.5. The monoisotopic (exact) mass is 346 g/mol. The number of hydrogen-bond donors (Lipinski definition) is 2. The second-order valence-electron chi connectivity index (χ2n) is 5.84. The van der Waals surface area contributed by atoms with Gasteiger partial charge in [0, 0.05) is 29.2 Å². The van der Waals surface area contributed by atoms with Gasteiger partial charge in [0.1, 0.15) is 0 Å². The Morgan fingerprint density at radius 1 is 1.04 bits per heavy atom. The third-order valence-electron chi connectivity index (χ3n) is 4.02. The van der Waals surface area contributed by atoms with E-state index in [0.717, 1.165) is 35.0 Å². The minimum Gasteiger partial charge on any atom is -0.361 e. The van der Waals surface area contributed by atoms with Crippen molar-refractivity contribution in [2.75, 3.05) is 5.32 Å². The molecular formula is C19H17F3N2O. The van der Waals surface area contributed by atoms with E-state index in [4.69, 9.17) is 0 Å². The Kier molecular flexibility index (Phi) is 4.79. The molecule has 0 saturated heterocycles. The molecule has 6 heteroatoms. The van der Waals surface area contributed by atoms with Crippen LogP contribution in [0.4, 0.5) is 18.9 Å². The van der Waals surface area contributed by atoms with Crippen molar-refractivity contribution in [2.24, 2.45) is 0 Å². The molecular weight excluding hydrogens is 329 g/mol. The third-order valence-corrected chi connectivity index (χ3v) is 4.02. The molecule has 0 radical (unpaired) electrons. The number of carbonyl (C=O) groups excluding carboxylic acids is 1. The highest BCUT2D eigenvalue weighted by Gasteiger charge is 2.29. The van der Waals surface area contributed by atoms with Crippen molar-refractivity contribution in [3.05, 3.63) is 65.9 Å². The van der Waals surface area contributed by atoms with E-state index in [1.165, 1.54) is 12.1 Å². The fraction of sp³-hybridized carbons (Fsp3) is 0.211. The van der Waals surface area contributed by atoms with Crippen molar-refractivity contribution in [1.29, 1.82) is 0 Å². The number of benzene rings is 2. The largest absolute Gasteiger partial charge is 0.416 e. The SMILES string of the molecule is O=C(CCCc1c[nH]c2ccccc12)Nc1ccc(C(F)(F)F)cc1. The first-order chi connectivity index (χ1) is 11.9. The first-order valence-corrected chi connectivity index (χ1v) is 7.95. The van der Waals surface area contributed by atoms with Gasteiger partial charge >= 0.3 is 6.18 Å². The van der Waals surface area contributed by atoms with Gasteiger partial charge in [-0.15, -0.1) is 0 Å². The Bertz CT molecular complexity index is 866. The highest BCUT2D eigenvalue weighted by molar-refractivity contribution is 5.90. The van der Waals surface area contributed by atoms with E-state index in [2.05, 4.69) is 10.3 Å². The summed E-state index contributed by atoms with van der Waals surface area (Å²) in [7, 11) is 0. The standard InChI is InChI=1S/C19H17F3N2O/c20-19(21,22)14-8-10-15(11-9-14)24-18(25)7-3-4-13-12-23-17-6-2-1-5-16(13)17/h1-2,5-6,8-12,23H,3-4,7H2,(H,24,25). The van der Waals surface area contributed by atoms with Crippen molar-refractivity contribution in [3.63, 3.8) is 0 Å². The van der Waals surface area contributed by atoms with Crippen LogP contribution < -0.4 is 5.32 Å². The van der Waals surface area contributed by atoms with E-state index in [1.807, 2.05) is 30.5 Å². The lowest BCUT2D eigenvalue weighted by Crippen LogP contribution is -2.12. The average molecular weight is 346 g/mol. The van der Waals surface area contributed by atoms with Gasteiger partial charge in [-0.1, -0.05) is 18.2 Å². The number of alkyl halides is 3. The van der Waals surface area contributed by atoms with E-state index in [9.17, 15) is 18.0 Å². The number of hydrogen-bond acceptors (Lipinski definition) is 1. The molecule has 0 fully saturated rings. The van der Waals surface area contributed by atoms with E-state index in [1.54, 1.807) is 0 Å². The molecule has 0 aliphatic rings. The lowest BCUT2D eigenvalue weighted by molar-refractivity contribution is -0.137. The van der Waals surface area contributed by atoms with Crippen LogP contribution in [0.1, 0.15) is 24.0 Å². The topological polar surface area (TPSA) is 44.9 Å². The molecule has 0 aliphatic heterocycles. The van der Waals surface area contributed by atoms with Crippen LogP contribution in [0, 0.1) is 0 Å². The number of anilines is 1. The third kappa shape index (κ3) is 4.21. The molecule has 25 heavy (non-hydrogen) atoms. The average Bonchev–Trinajstić information content (AvgIpc) is 2.98. The molecule has 1 heterocycles. The summed E-state index contributed by atoms with van der Waals surface area (Å²) in [6.07, 6.45) is -0.709. The number of aryl methyl sites for hydroxylation is 1. The molecule has 0 aliphatic carbocycles. The molecule has 0 spiro atoms. The first-order valence-electron chi connectivity index (χ1n) is 7.95. The Labute approximate surface area is 142 Å². The zero-order chi connectivity index (χ0) is 17.9. The number of H-pyrrole nitrogens is 1. The maximum Gasteiger partial charge on any atom is 0.416 e. The van der Waals surface area contributed by atoms with Crippen molar-refractivity contribution < 1.29 is 18.0 Å². The first kappa shape index (κ1) is 17.1.